The van der Waals surface area contributed by atoms with Crippen LogP contribution >= 0.6 is 0 Å². The molecular formula is C25H32FN3O3. The molecule has 1 amide bonds. The second-order valence-corrected chi connectivity index (χ2v) is 8.05. The minimum atomic E-state index is -0.281. The van der Waals surface area contributed by atoms with Crippen LogP contribution in [0.25, 0.3) is 0 Å². The molecule has 32 heavy (non-hydrogen) atoms. The van der Waals surface area contributed by atoms with E-state index < -0.39 is 0 Å². The average molecular weight is 442 g/mol. The van der Waals surface area contributed by atoms with Gasteiger partial charge in [-0.1, -0.05) is 18.2 Å². The molecule has 0 bridgehead atoms. The molecule has 2 aliphatic carbocycles. The summed E-state index contributed by atoms with van der Waals surface area (Å²) in [6.07, 6.45) is 11.5. The highest BCUT2D eigenvalue weighted by Gasteiger charge is 2.29. The molecule has 6 nitrogen and oxygen atoms in total. The monoisotopic (exact) mass is 441 g/mol. The van der Waals surface area contributed by atoms with Crippen LogP contribution in [0.2, 0.25) is 0 Å². The molecule has 1 fully saturated rings. The van der Waals surface area contributed by atoms with Gasteiger partial charge >= 0.3 is 0 Å². The zero-order valence-electron chi connectivity index (χ0n) is 18.9. The van der Waals surface area contributed by atoms with Crippen LogP contribution in [0.15, 0.2) is 69.8 Å². The fourth-order valence-electron chi connectivity index (χ4n) is 4.05. The number of fused-ring (bicyclic) bond motifs is 1. The second-order valence-electron chi connectivity index (χ2n) is 8.05. The van der Waals surface area contributed by atoms with Crippen LogP contribution < -0.4 is 5.73 Å². The molecule has 0 atom stereocenters. The van der Waals surface area contributed by atoms with Gasteiger partial charge in [0.2, 0.25) is 5.91 Å². The van der Waals surface area contributed by atoms with Crippen molar-refractivity contribution < 1.29 is 18.7 Å². The number of rotatable bonds is 7. The SMILES string of the molecule is CC1=C(C)C(OCCCC(=O)N2CCCOC3=C(/C(C=N)=C/N)CCC=C32)=C(F)CC=C1. The molecule has 3 aliphatic rings. The summed E-state index contributed by atoms with van der Waals surface area (Å²) in [4.78, 5) is 14.8. The molecular weight excluding hydrogens is 409 g/mol. The molecule has 1 heterocycles. The van der Waals surface area contributed by atoms with Gasteiger partial charge in [0.25, 0.3) is 0 Å². The molecule has 0 aromatic rings. The normalized spacial score (nSPS) is 19.8. The minimum absolute atomic E-state index is 0.0161. The lowest BCUT2D eigenvalue weighted by molar-refractivity contribution is -0.129. The maximum Gasteiger partial charge on any atom is 0.227 e. The Morgan fingerprint density at radius 3 is 2.97 bits per heavy atom. The van der Waals surface area contributed by atoms with Crippen LogP contribution in [0, 0.1) is 5.41 Å². The van der Waals surface area contributed by atoms with Crippen LogP contribution in [0.5, 0.6) is 0 Å². The third-order valence-electron chi connectivity index (χ3n) is 5.91. The van der Waals surface area contributed by atoms with Crippen molar-refractivity contribution in [2.24, 2.45) is 5.73 Å². The lowest BCUT2D eigenvalue weighted by Gasteiger charge is -2.28. The number of allylic oxidation sites excluding steroid dienone is 8. The summed E-state index contributed by atoms with van der Waals surface area (Å²) in [5, 5.41) is 7.63. The van der Waals surface area contributed by atoms with Gasteiger partial charge in [-0.05, 0) is 50.7 Å². The Bertz CT molecular complexity index is 953. The van der Waals surface area contributed by atoms with Crippen molar-refractivity contribution in [3.05, 3.63) is 69.8 Å². The van der Waals surface area contributed by atoms with E-state index in [9.17, 15) is 9.18 Å². The Labute approximate surface area is 189 Å². The summed E-state index contributed by atoms with van der Waals surface area (Å²) in [6, 6.07) is 0. The van der Waals surface area contributed by atoms with E-state index in [0.29, 0.717) is 43.1 Å². The standard InChI is InChI=1S/C25H32FN3O3/c1-17-7-3-9-21(26)24(18(17)2)31-13-5-11-23(30)29-12-6-14-32-25-20(19(15-27)16-28)8-4-10-22(25)29/h3,7,10,15-16,27H,4-6,8-9,11-14,28H2,1-2H3/b19-16+,27-15?. The molecule has 0 aromatic heterocycles. The largest absolute Gasteiger partial charge is 0.491 e. The van der Waals surface area contributed by atoms with Gasteiger partial charge in [-0.2, -0.15) is 0 Å². The number of nitrogens with one attached hydrogen (secondary N) is 1. The number of hydrogen-bond donors (Lipinski definition) is 2. The second kappa shape index (κ2) is 11.0. The average Bonchev–Trinajstić information content (AvgIpc) is 3.08. The maximum atomic E-state index is 14.3. The number of carbonyl (C=O) groups is 1. The van der Waals surface area contributed by atoms with Gasteiger partial charge in [0.05, 0.1) is 18.9 Å². The highest BCUT2D eigenvalue weighted by molar-refractivity contribution is 5.84. The molecule has 7 heteroatoms. The zero-order chi connectivity index (χ0) is 23.1. The lowest BCUT2D eigenvalue weighted by atomic mass is 9.94. The first-order valence-electron chi connectivity index (χ1n) is 11.1. The lowest BCUT2D eigenvalue weighted by Crippen LogP contribution is -2.32. The highest BCUT2D eigenvalue weighted by Crippen LogP contribution is 2.34. The van der Waals surface area contributed by atoms with Gasteiger partial charge in [-0.3, -0.25) is 4.79 Å². The first-order chi connectivity index (χ1) is 15.5. The molecule has 0 saturated carbocycles. The molecule has 3 N–H and O–H groups in total. The van der Waals surface area contributed by atoms with E-state index in [-0.39, 0.29) is 24.8 Å². The van der Waals surface area contributed by atoms with Crippen molar-refractivity contribution in [2.45, 2.75) is 52.4 Å². The Morgan fingerprint density at radius 1 is 1.41 bits per heavy atom. The van der Waals surface area contributed by atoms with Crippen molar-refractivity contribution in [3.63, 3.8) is 0 Å². The fraction of sp³-hybridized carbons (Fsp3) is 0.440. The van der Waals surface area contributed by atoms with E-state index in [1.54, 1.807) is 11.0 Å². The zero-order valence-corrected chi connectivity index (χ0v) is 18.9. The van der Waals surface area contributed by atoms with Gasteiger partial charge < -0.3 is 25.5 Å². The number of halogens is 1. The van der Waals surface area contributed by atoms with Gasteiger partial charge in [-0.15, -0.1) is 0 Å². The topological polar surface area (TPSA) is 88.6 Å². The summed E-state index contributed by atoms with van der Waals surface area (Å²) >= 11 is 0. The number of amides is 1. The van der Waals surface area contributed by atoms with Gasteiger partial charge in [0.15, 0.2) is 5.76 Å². The van der Waals surface area contributed by atoms with E-state index >= 15 is 0 Å². The Balaban J connectivity index is 1.66. The molecule has 0 spiro atoms. The highest BCUT2D eigenvalue weighted by atomic mass is 19.1. The maximum absolute atomic E-state index is 14.3. The van der Waals surface area contributed by atoms with Crippen molar-refractivity contribution in [1.29, 1.82) is 5.41 Å². The molecule has 1 saturated heterocycles. The Hall–Kier alpha value is -3.09. The number of ether oxygens (including phenoxy) is 2. The van der Waals surface area contributed by atoms with Crippen LogP contribution in [-0.4, -0.2) is 36.8 Å². The van der Waals surface area contributed by atoms with E-state index in [4.69, 9.17) is 20.6 Å². The molecule has 3 rings (SSSR count). The summed E-state index contributed by atoms with van der Waals surface area (Å²) in [5.74, 6) is 0.641. The number of nitrogens with zero attached hydrogens (tertiary/aromatic N) is 1. The van der Waals surface area contributed by atoms with Gasteiger partial charge in [-0.25, -0.2) is 4.39 Å². The fourth-order valence-corrected chi connectivity index (χ4v) is 4.05. The molecule has 1 aliphatic heterocycles. The number of nitrogens with two attached hydrogens (primary N) is 1. The third kappa shape index (κ3) is 5.21. The summed E-state index contributed by atoms with van der Waals surface area (Å²) in [7, 11) is 0. The van der Waals surface area contributed by atoms with Crippen molar-refractivity contribution in [1.82, 2.24) is 4.90 Å². The van der Waals surface area contributed by atoms with Gasteiger partial charge in [0.1, 0.15) is 11.6 Å². The van der Waals surface area contributed by atoms with Crippen molar-refractivity contribution in [3.8, 4) is 0 Å². The minimum Gasteiger partial charge on any atom is -0.491 e. The Kier molecular flexibility index (Phi) is 8.09. The smallest absolute Gasteiger partial charge is 0.227 e. The van der Waals surface area contributed by atoms with Crippen molar-refractivity contribution >= 4 is 12.1 Å². The van der Waals surface area contributed by atoms with Crippen LogP contribution in [0.1, 0.15) is 52.4 Å². The number of hydrogen-bond acceptors (Lipinski definition) is 5. The summed E-state index contributed by atoms with van der Waals surface area (Å²) < 4.78 is 26.1. The van der Waals surface area contributed by atoms with Crippen LogP contribution in [-0.2, 0) is 14.3 Å². The quantitative estimate of drug-likeness (QED) is 0.433. The predicted molar refractivity (Wildman–Crippen MR) is 123 cm³/mol. The van der Waals surface area contributed by atoms with E-state index in [1.165, 1.54) is 12.4 Å². The Morgan fingerprint density at radius 2 is 2.22 bits per heavy atom. The summed E-state index contributed by atoms with van der Waals surface area (Å²) in [6.45, 7) is 5.12. The molecule has 0 unspecified atom stereocenters. The van der Waals surface area contributed by atoms with Crippen LogP contribution in [0.4, 0.5) is 4.39 Å². The summed E-state index contributed by atoms with van der Waals surface area (Å²) in [5.41, 5.74) is 9.69. The van der Waals surface area contributed by atoms with Crippen molar-refractivity contribution in [2.75, 3.05) is 19.8 Å². The van der Waals surface area contributed by atoms with Gasteiger partial charge in [0, 0.05) is 42.9 Å². The van der Waals surface area contributed by atoms with E-state index in [0.717, 1.165) is 41.7 Å². The molecule has 0 radical (unpaired) electrons. The number of carbonyl (C=O) groups excluding carboxylic acids is 1. The first-order valence-corrected chi connectivity index (χ1v) is 11.1. The third-order valence-corrected chi connectivity index (χ3v) is 5.91. The molecule has 0 aromatic carbocycles. The predicted octanol–water partition coefficient (Wildman–Crippen LogP) is 4.93. The first kappa shape index (κ1) is 23.6. The molecule has 172 valence electrons. The van der Waals surface area contributed by atoms with Crippen LogP contribution in [0.3, 0.4) is 0 Å². The van der Waals surface area contributed by atoms with E-state index in [1.807, 2.05) is 26.0 Å². The van der Waals surface area contributed by atoms with E-state index in [2.05, 4.69) is 0 Å².